The van der Waals surface area contributed by atoms with E-state index in [1.807, 2.05) is 30.3 Å². The van der Waals surface area contributed by atoms with Crippen molar-refractivity contribution < 1.29 is 9.53 Å². The molecule has 0 aliphatic carbocycles. The van der Waals surface area contributed by atoms with Crippen molar-refractivity contribution in [1.29, 1.82) is 5.26 Å². The van der Waals surface area contributed by atoms with Crippen LogP contribution in [0.15, 0.2) is 36.0 Å². The number of rotatable bonds is 8. The van der Waals surface area contributed by atoms with Crippen molar-refractivity contribution in [3.63, 3.8) is 0 Å². The fourth-order valence-electron chi connectivity index (χ4n) is 1.94. The van der Waals surface area contributed by atoms with E-state index in [1.54, 1.807) is 7.11 Å². The van der Waals surface area contributed by atoms with Crippen LogP contribution < -0.4 is 10.6 Å². The van der Waals surface area contributed by atoms with Crippen LogP contribution in [0.25, 0.3) is 0 Å². The minimum Gasteiger partial charge on any atom is -0.385 e. The van der Waals surface area contributed by atoms with E-state index in [9.17, 15) is 4.79 Å². The van der Waals surface area contributed by atoms with Gasteiger partial charge in [0.15, 0.2) is 0 Å². The molecule has 22 heavy (non-hydrogen) atoms. The fraction of sp³-hybridized carbons (Fsp3) is 0.412. The Labute approximate surface area is 132 Å². The third kappa shape index (κ3) is 5.58. The first-order valence-electron chi connectivity index (χ1n) is 7.33. The van der Waals surface area contributed by atoms with Gasteiger partial charge in [0.05, 0.1) is 0 Å². The van der Waals surface area contributed by atoms with Gasteiger partial charge < -0.3 is 15.4 Å². The van der Waals surface area contributed by atoms with Crippen LogP contribution >= 0.6 is 0 Å². The highest BCUT2D eigenvalue weighted by atomic mass is 16.5. The Kier molecular flexibility index (Phi) is 7.73. The Morgan fingerprint density at radius 1 is 1.41 bits per heavy atom. The zero-order valence-corrected chi connectivity index (χ0v) is 13.3. The van der Waals surface area contributed by atoms with Gasteiger partial charge in [0.25, 0.3) is 5.91 Å². The molecule has 0 unspecified atom stereocenters. The molecule has 0 saturated heterocycles. The molecule has 0 bridgehead atoms. The highest BCUT2D eigenvalue weighted by molar-refractivity contribution is 5.97. The number of ether oxygens (including phenoxy) is 1. The number of nitriles is 1. The second-order valence-electron chi connectivity index (χ2n) is 5.16. The minimum absolute atomic E-state index is 0.0518. The molecular weight excluding hydrogens is 278 g/mol. The monoisotopic (exact) mass is 301 g/mol. The fourth-order valence-corrected chi connectivity index (χ4v) is 1.94. The van der Waals surface area contributed by atoms with Crippen LogP contribution in [-0.4, -0.2) is 26.2 Å². The lowest BCUT2D eigenvalue weighted by Gasteiger charge is -2.12. The predicted octanol–water partition coefficient (Wildman–Crippen LogP) is 2.78. The topological polar surface area (TPSA) is 74.1 Å². The number of methoxy groups -OCH3 is 1. The Balaban J connectivity index is 2.70. The van der Waals surface area contributed by atoms with Gasteiger partial charge >= 0.3 is 0 Å². The number of para-hydroxylation sites is 1. The van der Waals surface area contributed by atoms with E-state index in [-0.39, 0.29) is 11.5 Å². The van der Waals surface area contributed by atoms with Gasteiger partial charge in [-0.2, -0.15) is 5.26 Å². The van der Waals surface area contributed by atoms with Gasteiger partial charge in [-0.15, -0.1) is 0 Å². The lowest BCUT2D eigenvalue weighted by atomic mass is 10.0. The summed E-state index contributed by atoms with van der Waals surface area (Å²) in [6, 6.07) is 9.76. The van der Waals surface area contributed by atoms with Crippen LogP contribution in [0.1, 0.15) is 31.7 Å². The molecular formula is C17H23N3O2. The largest absolute Gasteiger partial charge is 0.385 e. The molecule has 0 heterocycles. The summed E-state index contributed by atoms with van der Waals surface area (Å²) < 4.78 is 4.91. The summed E-state index contributed by atoms with van der Waals surface area (Å²) in [5.41, 5.74) is 2.09. The van der Waals surface area contributed by atoms with Crippen LogP contribution in [0.3, 0.4) is 0 Å². The van der Waals surface area contributed by atoms with Gasteiger partial charge in [0, 0.05) is 32.1 Å². The normalized spacial score (nSPS) is 11.1. The lowest BCUT2D eigenvalue weighted by Crippen LogP contribution is -2.26. The number of carbonyl (C=O) groups excluding carboxylic acids is 1. The Morgan fingerprint density at radius 3 is 2.77 bits per heavy atom. The molecule has 1 aromatic rings. The number of nitrogens with one attached hydrogen (secondary N) is 2. The summed E-state index contributed by atoms with van der Waals surface area (Å²) in [6.45, 7) is 5.25. The van der Waals surface area contributed by atoms with Gasteiger partial charge in [-0.1, -0.05) is 32.0 Å². The molecule has 5 heteroatoms. The summed E-state index contributed by atoms with van der Waals surface area (Å²) in [6.07, 6.45) is 2.16. The van der Waals surface area contributed by atoms with E-state index in [0.717, 1.165) is 11.3 Å². The molecule has 0 radical (unpaired) electrons. The van der Waals surface area contributed by atoms with Gasteiger partial charge in [0.1, 0.15) is 11.6 Å². The molecule has 0 atom stereocenters. The molecule has 5 nitrogen and oxygen atoms in total. The maximum absolute atomic E-state index is 11.9. The molecule has 0 saturated carbocycles. The van der Waals surface area contributed by atoms with Crippen LogP contribution in [0, 0.1) is 11.3 Å². The van der Waals surface area contributed by atoms with Crippen molar-refractivity contribution in [1.82, 2.24) is 5.32 Å². The van der Waals surface area contributed by atoms with Gasteiger partial charge in [0.2, 0.25) is 0 Å². The van der Waals surface area contributed by atoms with Crippen molar-refractivity contribution in [2.45, 2.75) is 26.2 Å². The van der Waals surface area contributed by atoms with Gasteiger partial charge in [-0.25, -0.2) is 0 Å². The Bertz CT molecular complexity index is 559. The zero-order valence-electron chi connectivity index (χ0n) is 13.3. The summed E-state index contributed by atoms with van der Waals surface area (Å²) in [5.74, 6) is -0.0290. The average Bonchev–Trinajstić information content (AvgIpc) is 2.52. The summed E-state index contributed by atoms with van der Waals surface area (Å²) in [5, 5.41) is 14.9. The number of amides is 1. The SMILES string of the molecule is COCCCNC(=O)/C(C#N)=C\Nc1ccccc1C(C)C. The quantitative estimate of drug-likeness (QED) is 0.440. The van der Waals surface area contributed by atoms with Crippen LogP contribution in [-0.2, 0) is 9.53 Å². The van der Waals surface area contributed by atoms with Crippen LogP contribution in [0.2, 0.25) is 0 Å². The van der Waals surface area contributed by atoms with E-state index in [4.69, 9.17) is 10.00 Å². The van der Waals surface area contributed by atoms with Crippen LogP contribution in [0.5, 0.6) is 0 Å². The second-order valence-corrected chi connectivity index (χ2v) is 5.16. The highest BCUT2D eigenvalue weighted by Crippen LogP contribution is 2.23. The van der Waals surface area contributed by atoms with E-state index >= 15 is 0 Å². The molecule has 0 spiro atoms. The molecule has 0 aromatic heterocycles. The molecule has 0 fully saturated rings. The second kappa shape index (κ2) is 9.59. The molecule has 2 N–H and O–H groups in total. The molecule has 1 amide bonds. The first kappa shape index (κ1) is 17.7. The number of nitrogens with zero attached hydrogens (tertiary/aromatic N) is 1. The van der Waals surface area contributed by atoms with E-state index < -0.39 is 0 Å². The third-order valence-corrected chi connectivity index (χ3v) is 3.13. The maximum Gasteiger partial charge on any atom is 0.263 e. The number of hydrogen-bond donors (Lipinski definition) is 2. The molecule has 1 rings (SSSR count). The van der Waals surface area contributed by atoms with Crippen LogP contribution in [0.4, 0.5) is 5.69 Å². The average molecular weight is 301 g/mol. The van der Waals surface area contributed by atoms with E-state index in [2.05, 4.69) is 24.5 Å². The number of hydrogen-bond acceptors (Lipinski definition) is 4. The van der Waals surface area contributed by atoms with E-state index in [0.29, 0.717) is 25.5 Å². The van der Waals surface area contributed by atoms with E-state index in [1.165, 1.54) is 6.20 Å². The summed E-state index contributed by atoms with van der Waals surface area (Å²) in [7, 11) is 1.61. The van der Waals surface area contributed by atoms with Gasteiger partial charge in [-0.05, 0) is 24.0 Å². The smallest absolute Gasteiger partial charge is 0.263 e. The van der Waals surface area contributed by atoms with Crippen molar-refractivity contribution in [2.75, 3.05) is 25.6 Å². The van der Waals surface area contributed by atoms with Crippen molar-refractivity contribution in [3.05, 3.63) is 41.6 Å². The molecule has 0 aliphatic heterocycles. The first-order valence-corrected chi connectivity index (χ1v) is 7.33. The maximum atomic E-state index is 11.9. The molecule has 0 aliphatic rings. The summed E-state index contributed by atoms with van der Waals surface area (Å²) >= 11 is 0. The van der Waals surface area contributed by atoms with Gasteiger partial charge in [-0.3, -0.25) is 4.79 Å². The Hall–Kier alpha value is -2.32. The summed E-state index contributed by atoms with van der Waals surface area (Å²) in [4.78, 5) is 11.9. The molecule has 1 aromatic carbocycles. The lowest BCUT2D eigenvalue weighted by molar-refractivity contribution is -0.117. The predicted molar refractivity (Wildman–Crippen MR) is 87.4 cm³/mol. The van der Waals surface area contributed by atoms with Crippen molar-refractivity contribution in [2.24, 2.45) is 0 Å². The number of carbonyl (C=O) groups is 1. The standard InChI is InChI=1S/C17H23N3O2/c1-13(2)15-7-4-5-8-16(15)20-12-14(11-18)17(21)19-9-6-10-22-3/h4-5,7-8,12-13,20H,6,9-10H2,1-3H3,(H,19,21)/b14-12-. The zero-order chi connectivity index (χ0) is 16.4. The third-order valence-electron chi connectivity index (χ3n) is 3.13. The Morgan fingerprint density at radius 2 is 2.14 bits per heavy atom. The highest BCUT2D eigenvalue weighted by Gasteiger charge is 2.09. The first-order chi connectivity index (χ1) is 10.6. The van der Waals surface area contributed by atoms with Crippen molar-refractivity contribution >= 4 is 11.6 Å². The molecule has 118 valence electrons. The minimum atomic E-state index is -0.381. The van der Waals surface area contributed by atoms with Crippen molar-refractivity contribution in [3.8, 4) is 6.07 Å². The number of anilines is 1. The number of benzene rings is 1.